The Morgan fingerprint density at radius 3 is 2.50 bits per heavy atom. The van der Waals surface area contributed by atoms with Crippen LogP contribution in [0.2, 0.25) is 5.02 Å². The Hall–Kier alpha value is -2.99. The summed E-state index contributed by atoms with van der Waals surface area (Å²) in [7, 11) is 0. The van der Waals surface area contributed by atoms with Crippen LogP contribution in [0.3, 0.4) is 0 Å². The fourth-order valence-corrected chi connectivity index (χ4v) is 2.37. The highest BCUT2D eigenvalue weighted by atomic mass is 35.5. The minimum atomic E-state index is -1.03. The molecule has 0 fully saturated rings. The molecule has 0 aliphatic heterocycles. The van der Waals surface area contributed by atoms with Crippen LogP contribution in [0.15, 0.2) is 60.8 Å². The minimum Gasteiger partial charge on any atom is -0.366 e. The van der Waals surface area contributed by atoms with Crippen LogP contribution in [0, 0.1) is 11.6 Å². The van der Waals surface area contributed by atoms with Crippen LogP contribution < -0.4 is 10.6 Å². The minimum absolute atomic E-state index is 0.168. The summed E-state index contributed by atoms with van der Waals surface area (Å²) in [6, 6.07) is 13.6. The highest BCUT2D eigenvalue weighted by molar-refractivity contribution is 6.30. The molecule has 3 aromatic rings. The third-order valence-corrected chi connectivity index (χ3v) is 3.84. The number of aromatic nitrogens is 1. The van der Waals surface area contributed by atoms with Crippen LogP contribution in [0.5, 0.6) is 0 Å². The van der Waals surface area contributed by atoms with Crippen molar-refractivity contribution in [3.63, 3.8) is 0 Å². The second-order valence-electron chi connectivity index (χ2n) is 5.49. The number of hydrogen-bond donors (Lipinski definition) is 2. The van der Waals surface area contributed by atoms with Gasteiger partial charge in [0.25, 0.3) is 5.91 Å². The lowest BCUT2D eigenvalue weighted by molar-refractivity contribution is 0.102. The average Bonchev–Trinajstić information content (AvgIpc) is 2.64. The number of halogens is 3. The smallest absolute Gasteiger partial charge is 0.255 e. The molecule has 2 N–H and O–H groups in total. The summed E-state index contributed by atoms with van der Waals surface area (Å²) in [6.45, 7) is 0.512. The van der Waals surface area contributed by atoms with E-state index in [1.165, 1.54) is 18.3 Å². The fraction of sp³-hybridized carbons (Fsp3) is 0.0526. The van der Waals surface area contributed by atoms with Gasteiger partial charge in [-0.1, -0.05) is 23.7 Å². The Bertz CT molecular complexity index is 932. The summed E-state index contributed by atoms with van der Waals surface area (Å²) in [6.07, 6.45) is 1.49. The van der Waals surface area contributed by atoms with Crippen LogP contribution in [-0.4, -0.2) is 10.9 Å². The molecule has 0 radical (unpaired) electrons. The zero-order valence-electron chi connectivity index (χ0n) is 13.5. The molecule has 0 aliphatic rings. The predicted molar refractivity (Wildman–Crippen MR) is 97.3 cm³/mol. The Morgan fingerprint density at radius 2 is 1.77 bits per heavy atom. The fourth-order valence-electron chi connectivity index (χ4n) is 2.24. The number of pyridine rings is 1. The molecule has 4 nitrogen and oxygen atoms in total. The van der Waals surface area contributed by atoms with Crippen molar-refractivity contribution in [2.24, 2.45) is 0 Å². The van der Waals surface area contributed by atoms with E-state index in [4.69, 9.17) is 11.6 Å². The Labute approximate surface area is 153 Å². The first kappa shape index (κ1) is 17.8. The Morgan fingerprint density at radius 1 is 1.00 bits per heavy atom. The van der Waals surface area contributed by atoms with Gasteiger partial charge in [-0.2, -0.15) is 0 Å². The quantitative estimate of drug-likeness (QED) is 0.670. The van der Waals surface area contributed by atoms with Gasteiger partial charge in [-0.15, -0.1) is 0 Å². The molecule has 2 aromatic carbocycles. The summed E-state index contributed by atoms with van der Waals surface area (Å²) in [5.74, 6) is -1.94. The largest absolute Gasteiger partial charge is 0.366 e. The normalized spacial score (nSPS) is 10.4. The molecule has 26 heavy (non-hydrogen) atoms. The van der Waals surface area contributed by atoms with E-state index in [1.54, 1.807) is 18.2 Å². The molecular weight excluding hydrogens is 360 g/mol. The average molecular weight is 374 g/mol. The van der Waals surface area contributed by atoms with E-state index in [0.29, 0.717) is 22.9 Å². The first-order valence-corrected chi connectivity index (χ1v) is 8.10. The van der Waals surface area contributed by atoms with Crippen LogP contribution in [-0.2, 0) is 6.54 Å². The molecule has 0 unspecified atom stereocenters. The third kappa shape index (κ3) is 4.55. The summed E-state index contributed by atoms with van der Waals surface area (Å²) >= 11 is 5.85. The topological polar surface area (TPSA) is 54.0 Å². The standard InChI is InChI=1S/C19H14ClF2N3O/c20-14-3-1-12(2-4-14)11-24-18-9-13(7-8-23-18)19(26)25-15-5-6-16(21)17(22)10-15/h1-10H,11H2,(H,23,24)(H,25,26). The lowest BCUT2D eigenvalue weighted by Crippen LogP contribution is -2.13. The number of carbonyl (C=O) groups is 1. The van der Waals surface area contributed by atoms with Gasteiger partial charge in [0.15, 0.2) is 11.6 Å². The SMILES string of the molecule is O=C(Nc1ccc(F)c(F)c1)c1ccnc(NCc2ccc(Cl)cc2)c1. The van der Waals surface area contributed by atoms with E-state index >= 15 is 0 Å². The number of nitrogens with zero attached hydrogens (tertiary/aromatic N) is 1. The predicted octanol–water partition coefficient (Wildman–Crippen LogP) is 4.88. The molecule has 1 amide bonds. The van der Waals surface area contributed by atoms with Crippen LogP contribution >= 0.6 is 11.6 Å². The van der Waals surface area contributed by atoms with Crippen molar-refractivity contribution in [3.8, 4) is 0 Å². The lowest BCUT2D eigenvalue weighted by Gasteiger charge is -2.09. The molecule has 3 rings (SSSR count). The Kier molecular flexibility index (Phi) is 5.43. The summed E-state index contributed by atoms with van der Waals surface area (Å²) in [4.78, 5) is 16.4. The molecule has 0 spiro atoms. The molecule has 1 heterocycles. The van der Waals surface area contributed by atoms with Crippen molar-refractivity contribution in [2.45, 2.75) is 6.54 Å². The van der Waals surface area contributed by atoms with Crippen molar-refractivity contribution in [2.75, 3.05) is 10.6 Å². The van der Waals surface area contributed by atoms with Crippen LogP contribution in [0.1, 0.15) is 15.9 Å². The number of anilines is 2. The van der Waals surface area contributed by atoms with Gasteiger partial charge in [0.05, 0.1) is 0 Å². The molecule has 132 valence electrons. The number of benzene rings is 2. The molecule has 7 heteroatoms. The van der Waals surface area contributed by atoms with Gasteiger partial charge in [0.1, 0.15) is 5.82 Å². The number of nitrogens with one attached hydrogen (secondary N) is 2. The first-order valence-electron chi connectivity index (χ1n) is 7.72. The van der Waals surface area contributed by atoms with Crippen LogP contribution in [0.4, 0.5) is 20.3 Å². The summed E-state index contributed by atoms with van der Waals surface area (Å²) in [5.41, 5.74) is 1.51. The maximum atomic E-state index is 13.2. The molecule has 0 atom stereocenters. The maximum Gasteiger partial charge on any atom is 0.255 e. The summed E-state index contributed by atoms with van der Waals surface area (Å²) in [5, 5.41) is 6.29. The summed E-state index contributed by atoms with van der Waals surface area (Å²) < 4.78 is 26.2. The van der Waals surface area contributed by atoms with Crippen molar-refractivity contribution in [3.05, 3.63) is 88.6 Å². The zero-order chi connectivity index (χ0) is 18.5. The second-order valence-corrected chi connectivity index (χ2v) is 5.93. The van der Waals surface area contributed by atoms with E-state index < -0.39 is 17.5 Å². The highest BCUT2D eigenvalue weighted by Crippen LogP contribution is 2.16. The number of carbonyl (C=O) groups excluding carboxylic acids is 1. The van der Waals surface area contributed by atoms with Crippen molar-refractivity contribution in [1.82, 2.24) is 4.98 Å². The molecule has 0 saturated carbocycles. The van der Waals surface area contributed by atoms with Gasteiger partial charge in [0, 0.05) is 35.1 Å². The maximum absolute atomic E-state index is 13.2. The molecule has 0 aliphatic carbocycles. The van der Waals surface area contributed by atoms with Gasteiger partial charge < -0.3 is 10.6 Å². The number of rotatable bonds is 5. The number of hydrogen-bond acceptors (Lipinski definition) is 3. The Balaban J connectivity index is 1.66. The van der Waals surface area contributed by atoms with Crippen molar-refractivity contribution in [1.29, 1.82) is 0 Å². The van der Waals surface area contributed by atoms with E-state index in [2.05, 4.69) is 15.6 Å². The molecule has 0 saturated heterocycles. The second kappa shape index (κ2) is 7.93. The van der Waals surface area contributed by atoms with Gasteiger partial charge in [-0.25, -0.2) is 13.8 Å². The molecule has 0 bridgehead atoms. The third-order valence-electron chi connectivity index (χ3n) is 3.59. The monoisotopic (exact) mass is 373 g/mol. The van der Waals surface area contributed by atoms with Crippen LogP contribution in [0.25, 0.3) is 0 Å². The van der Waals surface area contributed by atoms with Gasteiger partial charge in [-0.3, -0.25) is 4.79 Å². The van der Waals surface area contributed by atoms with Gasteiger partial charge in [0.2, 0.25) is 0 Å². The zero-order valence-corrected chi connectivity index (χ0v) is 14.2. The van der Waals surface area contributed by atoms with Crippen molar-refractivity contribution >= 4 is 29.0 Å². The first-order chi connectivity index (χ1) is 12.5. The van der Waals surface area contributed by atoms with E-state index in [0.717, 1.165) is 17.7 Å². The van der Waals surface area contributed by atoms with E-state index in [-0.39, 0.29) is 5.69 Å². The van der Waals surface area contributed by atoms with E-state index in [1.807, 2.05) is 12.1 Å². The lowest BCUT2D eigenvalue weighted by atomic mass is 10.2. The van der Waals surface area contributed by atoms with Gasteiger partial charge in [-0.05, 0) is 42.0 Å². The van der Waals surface area contributed by atoms with Gasteiger partial charge >= 0.3 is 0 Å². The molecule has 1 aromatic heterocycles. The highest BCUT2D eigenvalue weighted by Gasteiger charge is 2.09. The molecular formula is C19H14ClF2N3O. The van der Waals surface area contributed by atoms with E-state index in [9.17, 15) is 13.6 Å². The number of amides is 1. The van der Waals surface area contributed by atoms with Crippen molar-refractivity contribution < 1.29 is 13.6 Å².